The van der Waals surface area contributed by atoms with Gasteiger partial charge in [-0.15, -0.1) is 17.9 Å². The number of carbonyl (C=O) groups excluding carboxylic acids is 2. The van der Waals surface area contributed by atoms with Gasteiger partial charge in [0.05, 0.1) is 24.4 Å². The summed E-state index contributed by atoms with van der Waals surface area (Å²) >= 11 is 1.60. The Morgan fingerprint density at radius 3 is 2.93 bits per heavy atom. The first-order valence-corrected chi connectivity index (χ1v) is 10.8. The predicted molar refractivity (Wildman–Crippen MR) is 115 cm³/mol. The van der Waals surface area contributed by atoms with E-state index < -0.39 is 5.92 Å². The monoisotopic (exact) mass is 411 g/mol. The number of nitrogens with zero attached hydrogens (tertiary/aromatic N) is 3. The van der Waals surface area contributed by atoms with Gasteiger partial charge in [0.25, 0.3) is 0 Å². The van der Waals surface area contributed by atoms with E-state index in [0.29, 0.717) is 24.5 Å². The van der Waals surface area contributed by atoms with Gasteiger partial charge in [0.1, 0.15) is 5.75 Å². The molecule has 1 aromatic carbocycles. The first kappa shape index (κ1) is 19.6. The Kier molecular flexibility index (Phi) is 5.67. The summed E-state index contributed by atoms with van der Waals surface area (Å²) in [6.45, 7) is 4.54. The fourth-order valence-electron chi connectivity index (χ4n) is 4.02. The molecule has 1 fully saturated rings. The second-order valence-corrected chi connectivity index (χ2v) is 8.45. The summed E-state index contributed by atoms with van der Waals surface area (Å²) < 4.78 is 5.39. The van der Waals surface area contributed by atoms with Gasteiger partial charge in [-0.2, -0.15) is 0 Å². The molecule has 2 aromatic rings. The normalized spacial score (nSPS) is 18.4. The van der Waals surface area contributed by atoms with Crippen molar-refractivity contribution >= 4 is 34.0 Å². The van der Waals surface area contributed by atoms with Gasteiger partial charge >= 0.3 is 0 Å². The number of aromatic nitrogens is 1. The van der Waals surface area contributed by atoms with Crippen LogP contribution in [-0.4, -0.2) is 37.0 Å². The summed E-state index contributed by atoms with van der Waals surface area (Å²) in [7, 11) is 1.58. The van der Waals surface area contributed by atoms with E-state index in [9.17, 15) is 9.59 Å². The zero-order valence-corrected chi connectivity index (χ0v) is 17.4. The van der Waals surface area contributed by atoms with Crippen LogP contribution in [0.15, 0.2) is 36.9 Å². The van der Waals surface area contributed by atoms with E-state index in [4.69, 9.17) is 9.72 Å². The summed E-state index contributed by atoms with van der Waals surface area (Å²) in [6, 6.07) is 7.40. The maximum Gasteiger partial charge on any atom is 0.234 e. The average Bonchev–Trinajstić information content (AvgIpc) is 3.34. The van der Waals surface area contributed by atoms with Gasteiger partial charge in [0.2, 0.25) is 11.8 Å². The summed E-state index contributed by atoms with van der Waals surface area (Å²) in [4.78, 5) is 35.4. The quantitative estimate of drug-likeness (QED) is 0.682. The summed E-state index contributed by atoms with van der Waals surface area (Å²) in [5, 5.41) is 0.727. The van der Waals surface area contributed by atoms with Crippen LogP contribution in [0.5, 0.6) is 5.75 Å². The molecule has 1 atom stereocenters. The number of fused-ring (bicyclic) bond motifs is 1. The number of hydrogen-bond acceptors (Lipinski definition) is 5. The van der Waals surface area contributed by atoms with Crippen molar-refractivity contribution in [3.05, 3.63) is 47.5 Å². The largest absolute Gasteiger partial charge is 0.495 e. The summed E-state index contributed by atoms with van der Waals surface area (Å²) in [6.07, 6.45) is 6.24. The third kappa shape index (κ3) is 3.79. The molecule has 0 spiro atoms. The molecule has 7 heteroatoms. The molecule has 1 aliphatic heterocycles. The molecular weight excluding hydrogens is 386 g/mol. The van der Waals surface area contributed by atoms with Crippen LogP contribution < -0.4 is 14.5 Å². The summed E-state index contributed by atoms with van der Waals surface area (Å²) in [5.41, 5.74) is 1.83. The average molecular weight is 412 g/mol. The van der Waals surface area contributed by atoms with Gasteiger partial charge in [0.15, 0.2) is 5.13 Å². The Morgan fingerprint density at radius 2 is 2.17 bits per heavy atom. The van der Waals surface area contributed by atoms with Crippen molar-refractivity contribution in [1.29, 1.82) is 0 Å². The lowest BCUT2D eigenvalue weighted by Crippen LogP contribution is -2.37. The van der Waals surface area contributed by atoms with Crippen molar-refractivity contribution in [2.75, 3.05) is 30.0 Å². The second kappa shape index (κ2) is 8.37. The molecule has 4 rings (SSSR count). The van der Waals surface area contributed by atoms with Crippen LogP contribution in [-0.2, 0) is 22.4 Å². The number of para-hydroxylation sites is 2. The number of anilines is 2. The first-order valence-electron chi connectivity index (χ1n) is 9.96. The van der Waals surface area contributed by atoms with Crippen LogP contribution in [0.2, 0.25) is 0 Å². The second-order valence-electron chi connectivity index (χ2n) is 7.39. The standard InChI is InChI=1S/C22H25N3O3S/c1-3-12-24(22-23-16-8-4-7-11-19(16)29-22)21(27)15-13-20(26)25(14-15)17-9-5-6-10-18(17)28-2/h3,5-6,9-10,15H,1,4,7-8,11-14H2,2H3/t15-/m0/s1. The zero-order chi connectivity index (χ0) is 20.4. The molecule has 1 aromatic heterocycles. The maximum atomic E-state index is 13.4. The topological polar surface area (TPSA) is 62.7 Å². The van der Waals surface area contributed by atoms with Gasteiger partial charge < -0.3 is 9.64 Å². The highest BCUT2D eigenvalue weighted by Gasteiger charge is 2.39. The molecule has 0 radical (unpaired) electrons. The van der Waals surface area contributed by atoms with Crippen LogP contribution in [0, 0.1) is 5.92 Å². The minimum absolute atomic E-state index is 0.0650. The van der Waals surface area contributed by atoms with Crippen LogP contribution in [0.25, 0.3) is 0 Å². The van der Waals surface area contributed by atoms with Crippen molar-refractivity contribution in [2.45, 2.75) is 32.1 Å². The molecule has 0 saturated carbocycles. The van der Waals surface area contributed by atoms with Crippen molar-refractivity contribution in [1.82, 2.24) is 4.98 Å². The van der Waals surface area contributed by atoms with Crippen molar-refractivity contribution in [3.63, 3.8) is 0 Å². The van der Waals surface area contributed by atoms with Gasteiger partial charge in [-0.3, -0.25) is 14.5 Å². The first-order chi connectivity index (χ1) is 14.1. The highest BCUT2D eigenvalue weighted by Crippen LogP contribution is 2.36. The van der Waals surface area contributed by atoms with E-state index in [1.54, 1.807) is 34.3 Å². The Hall–Kier alpha value is -2.67. The maximum absolute atomic E-state index is 13.4. The zero-order valence-electron chi connectivity index (χ0n) is 16.6. The van der Waals surface area contributed by atoms with Gasteiger partial charge in [-0.1, -0.05) is 18.2 Å². The number of thiazole rings is 1. The molecule has 29 heavy (non-hydrogen) atoms. The van der Waals surface area contributed by atoms with Crippen LogP contribution >= 0.6 is 11.3 Å². The van der Waals surface area contributed by atoms with E-state index in [2.05, 4.69) is 6.58 Å². The van der Waals surface area contributed by atoms with Crippen molar-refractivity contribution in [2.24, 2.45) is 5.92 Å². The smallest absolute Gasteiger partial charge is 0.234 e. The van der Waals surface area contributed by atoms with Gasteiger partial charge in [-0.05, 0) is 37.8 Å². The molecule has 0 N–H and O–H groups in total. The highest BCUT2D eigenvalue weighted by atomic mass is 32.1. The molecule has 1 aliphatic carbocycles. The van der Waals surface area contributed by atoms with E-state index in [1.807, 2.05) is 24.3 Å². The molecule has 6 nitrogen and oxygen atoms in total. The fourth-order valence-corrected chi connectivity index (χ4v) is 5.19. The molecule has 0 unspecified atom stereocenters. The van der Waals surface area contributed by atoms with E-state index in [0.717, 1.165) is 30.1 Å². The predicted octanol–water partition coefficient (Wildman–Crippen LogP) is 3.60. The Bertz CT molecular complexity index is 916. The number of methoxy groups -OCH3 is 1. The highest BCUT2D eigenvalue weighted by molar-refractivity contribution is 7.16. The minimum atomic E-state index is -0.409. The molecule has 1 saturated heterocycles. The molecular formula is C22H25N3O3S. The van der Waals surface area contributed by atoms with Gasteiger partial charge in [0, 0.05) is 24.4 Å². The number of rotatable bonds is 6. The van der Waals surface area contributed by atoms with E-state index >= 15 is 0 Å². The summed E-state index contributed by atoms with van der Waals surface area (Å²) in [5.74, 6) is 0.0874. The van der Waals surface area contributed by atoms with Crippen LogP contribution in [0.1, 0.15) is 29.8 Å². The van der Waals surface area contributed by atoms with Crippen molar-refractivity contribution < 1.29 is 14.3 Å². The van der Waals surface area contributed by atoms with Crippen LogP contribution in [0.4, 0.5) is 10.8 Å². The molecule has 2 amide bonds. The Balaban J connectivity index is 1.56. The van der Waals surface area contributed by atoms with E-state index in [1.165, 1.54) is 11.3 Å². The number of benzene rings is 1. The lowest BCUT2D eigenvalue weighted by Gasteiger charge is -2.22. The number of ether oxygens (including phenoxy) is 1. The third-order valence-corrected chi connectivity index (χ3v) is 6.67. The molecule has 0 bridgehead atoms. The number of amides is 2. The molecule has 2 heterocycles. The Labute approximate surface area is 174 Å². The van der Waals surface area contributed by atoms with E-state index in [-0.39, 0.29) is 18.2 Å². The minimum Gasteiger partial charge on any atom is -0.495 e. The Morgan fingerprint density at radius 1 is 1.38 bits per heavy atom. The lowest BCUT2D eigenvalue weighted by molar-refractivity contribution is -0.124. The molecule has 152 valence electrons. The van der Waals surface area contributed by atoms with Crippen LogP contribution in [0.3, 0.4) is 0 Å². The third-order valence-electron chi connectivity index (χ3n) is 5.49. The number of aryl methyl sites for hydroxylation is 2. The number of hydrogen-bond donors (Lipinski definition) is 0. The van der Waals surface area contributed by atoms with Gasteiger partial charge in [-0.25, -0.2) is 4.98 Å². The number of carbonyl (C=O) groups is 2. The molecule has 2 aliphatic rings. The fraction of sp³-hybridized carbons (Fsp3) is 0.409. The SMILES string of the molecule is C=CCN(C(=O)[C@H]1CC(=O)N(c2ccccc2OC)C1)c1nc2c(s1)CCCC2. The lowest BCUT2D eigenvalue weighted by atomic mass is 10.0. The van der Waals surface area contributed by atoms with Crippen molar-refractivity contribution in [3.8, 4) is 5.75 Å².